The van der Waals surface area contributed by atoms with Crippen molar-refractivity contribution in [2.45, 2.75) is 24.7 Å². The molecule has 16 heavy (non-hydrogen) atoms. The lowest BCUT2D eigenvalue weighted by Gasteiger charge is -2.13. The number of hydrogen-bond donors (Lipinski definition) is 1. The minimum absolute atomic E-state index is 0.309. The molecule has 2 atom stereocenters. The van der Waals surface area contributed by atoms with E-state index in [1.807, 2.05) is 23.9 Å². The number of halogens is 1. The third kappa shape index (κ3) is 2.93. The highest BCUT2D eigenvalue weighted by molar-refractivity contribution is 9.10. The minimum Gasteiger partial charge on any atom is -0.489 e. The first-order valence-corrected chi connectivity index (χ1v) is 7.30. The summed E-state index contributed by atoms with van der Waals surface area (Å²) in [4.78, 5) is 0. The lowest BCUT2D eigenvalue weighted by molar-refractivity contribution is 0.259. The predicted molar refractivity (Wildman–Crippen MR) is 73.2 cm³/mol. The summed E-state index contributed by atoms with van der Waals surface area (Å²) < 4.78 is 7.00. The maximum Gasteiger partial charge on any atom is 0.123 e. The molecule has 0 fully saturated rings. The Kier molecular flexibility index (Phi) is 4.16. The molecule has 1 aromatic rings. The molecule has 0 amide bonds. The van der Waals surface area contributed by atoms with Gasteiger partial charge >= 0.3 is 0 Å². The van der Waals surface area contributed by atoms with Crippen molar-refractivity contribution >= 4 is 27.7 Å². The van der Waals surface area contributed by atoms with Crippen LogP contribution in [0.4, 0.5) is 0 Å². The Morgan fingerprint density at radius 1 is 1.62 bits per heavy atom. The molecule has 88 valence electrons. The van der Waals surface area contributed by atoms with Gasteiger partial charge in [0.2, 0.25) is 0 Å². The third-order valence-corrected chi connectivity index (χ3v) is 4.48. The second-order valence-electron chi connectivity index (χ2n) is 4.08. The van der Waals surface area contributed by atoms with Crippen LogP contribution in [-0.4, -0.2) is 23.7 Å². The molecule has 2 rings (SSSR count). The first-order chi connectivity index (χ1) is 7.69. The fraction of sp³-hybridized carbons (Fsp3) is 0.500. The fourth-order valence-corrected chi connectivity index (χ4v) is 3.00. The molecule has 2 N–H and O–H groups in total. The molecule has 1 aliphatic heterocycles. The van der Waals surface area contributed by atoms with E-state index in [0.717, 1.165) is 28.9 Å². The van der Waals surface area contributed by atoms with Crippen molar-refractivity contribution in [3.8, 4) is 5.75 Å². The van der Waals surface area contributed by atoms with Crippen LogP contribution in [0.15, 0.2) is 22.7 Å². The van der Waals surface area contributed by atoms with Crippen molar-refractivity contribution in [3.63, 3.8) is 0 Å². The highest BCUT2D eigenvalue weighted by Gasteiger charge is 2.23. The molecule has 0 spiro atoms. The molecule has 0 saturated heterocycles. The number of nitrogens with two attached hydrogens (primary N) is 1. The molecule has 1 aliphatic rings. The zero-order chi connectivity index (χ0) is 11.5. The van der Waals surface area contributed by atoms with Gasteiger partial charge in [-0.15, -0.1) is 0 Å². The van der Waals surface area contributed by atoms with Gasteiger partial charge in [-0.2, -0.15) is 11.8 Å². The van der Waals surface area contributed by atoms with Crippen LogP contribution >= 0.6 is 27.7 Å². The van der Waals surface area contributed by atoms with E-state index in [0.29, 0.717) is 11.4 Å². The van der Waals surface area contributed by atoms with Gasteiger partial charge in [-0.1, -0.05) is 22.9 Å². The number of thioether (sulfide) groups is 1. The second kappa shape index (κ2) is 5.43. The Morgan fingerprint density at radius 2 is 2.44 bits per heavy atom. The largest absolute Gasteiger partial charge is 0.489 e. The van der Waals surface area contributed by atoms with Crippen molar-refractivity contribution in [2.75, 3.05) is 12.3 Å². The summed E-state index contributed by atoms with van der Waals surface area (Å²) in [5.74, 6) is 2.05. The van der Waals surface area contributed by atoms with Crippen LogP contribution in [0.25, 0.3) is 0 Å². The number of hydrogen-bond acceptors (Lipinski definition) is 3. The van der Waals surface area contributed by atoms with E-state index in [-0.39, 0.29) is 0 Å². The molecule has 1 heterocycles. The van der Waals surface area contributed by atoms with Gasteiger partial charge in [0.15, 0.2) is 0 Å². The highest BCUT2D eigenvalue weighted by Crippen LogP contribution is 2.32. The second-order valence-corrected chi connectivity index (χ2v) is 6.46. The molecule has 0 aliphatic carbocycles. The van der Waals surface area contributed by atoms with Gasteiger partial charge < -0.3 is 10.5 Å². The van der Waals surface area contributed by atoms with Gasteiger partial charge in [0.25, 0.3) is 0 Å². The predicted octanol–water partition coefficient (Wildman–Crippen LogP) is 2.83. The lowest BCUT2D eigenvalue weighted by atomic mass is 10.1. The fourth-order valence-electron chi connectivity index (χ4n) is 1.72. The molecule has 2 nitrogen and oxygen atoms in total. The first kappa shape index (κ1) is 12.3. The van der Waals surface area contributed by atoms with Crippen molar-refractivity contribution in [1.82, 2.24) is 0 Å². The van der Waals surface area contributed by atoms with E-state index in [2.05, 4.69) is 28.9 Å². The molecule has 1 aromatic carbocycles. The van der Waals surface area contributed by atoms with Crippen molar-refractivity contribution in [1.29, 1.82) is 0 Å². The number of fused-ring (bicyclic) bond motifs is 1. The normalized spacial score (nSPS) is 20.3. The van der Waals surface area contributed by atoms with Crippen LogP contribution in [0.1, 0.15) is 12.5 Å². The van der Waals surface area contributed by atoms with Crippen LogP contribution in [-0.2, 0) is 6.42 Å². The number of ether oxygens (including phenoxy) is 1. The van der Waals surface area contributed by atoms with E-state index in [1.54, 1.807) is 0 Å². The average molecular weight is 302 g/mol. The average Bonchev–Trinajstić information content (AvgIpc) is 2.67. The van der Waals surface area contributed by atoms with Gasteiger partial charge in [-0.3, -0.25) is 0 Å². The van der Waals surface area contributed by atoms with Gasteiger partial charge in [0, 0.05) is 28.4 Å². The summed E-state index contributed by atoms with van der Waals surface area (Å²) in [5, 5.41) is 0.513. The third-order valence-electron chi connectivity index (χ3n) is 2.66. The summed E-state index contributed by atoms with van der Waals surface area (Å²) >= 11 is 5.37. The number of benzene rings is 1. The van der Waals surface area contributed by atoms with Crippen LogP contribution in [0, 0.1) is 0 Å². The quantitative estimate of drug-likeness (QED) is 0.929. The molecular weight excluding hydrogens is 286 g/mol. The summed E-state index contributed by atoms with van der Waals surface area (Å²) in [6.07, 6.45) is 1.32. The van der Waals surface area contributed by atoms with E-state index < -0.39 is 0 Å². The summed E-state index contributed by atoms with van der Waals surface area (Å²) in [6, 6.07) is 6.21. The summed E-state index contributed by atoms with van der Waals surface area (Å²) in [7, 11) is 0. The van der Waals surface area contributed by atoms with E-state index in [4.69, 9.17) is 10.5 Å². The van der Waals surface area contributed by atoms with Crippen LogP contribution < -0.4 is 10.5 Å². The summed E-state index contributed by atoms with van der Waals surface area (Å²) in [6.45, 7) is 2.89. The van der Waals surface area contributed by atoms with E-state index >= 15 is 0 Å². The van der Waals surface area contributed by atoms with Crippen LogP contribution in [0.3, 0.4) is 0 Å². The Labute approximate surface area is 109 Å². The van der Waals surface area contributed by atoms with Crippen molar-refractivity contribution in [3.05, 3.63) is 28.2 Å². The minimum atomic E-state index is 0.309. The highest BCUT2D eigenvalue weighted by atomic mass is 79.9. The molecule has 4 heteroatoms. The van der Waals surface area contributed by atoms with Gasteiger partial charge in [-0.25, -0.2) is 0 Å². The molecule has 0 radical (unpaired) electrons. The molecule has 2 unspecified atom stereocenters. The zero-order valence-corrected chi connectivity index (χ0v) is 11.7. The SMILES string of the molecule is CC(CN)SCC1Cc2cc(Br)ccc2O1. The molecule has 0 aromatic heterocycles. The topological polar surface area (TPSA) is 35.2 Å². The Bertz CT molecular complexity index is 372. The van der Waals surface area contributed by atoms with Gasteiger partial charge in [0.05, 0.1) is 0 Å². The van der Waals surface area contributed by atoms with E-state index in [1.165, 1.54) is 5.56 Å². The lowest BCUT2D eigenvalue weighted by Crippen LogP contribution is -2.20. The Balaban J connectivity index is 1.90. The molecular formula is C12H16BrNOS. The molecule has 0 saturated carbocycles. The Hall–Kier alpha value is -0.190. The zero-order valence-electron chi connectivity index (χ0n) is 9.28. The maximum atomic E-state index is 5.87. The van der Waals surface area contributed by atoms with Crippen molar-refractivity contribution < 1.29 is 4.74 Å². The van der Waals surface area contributed by atoms with Crippen molar-refractivity contribution in [2.24, 2.45) is 5.73 Å². The monoisotopic (exact) mass is 301 g/mol. The standard InChI is InChI=1S/C12H16BrNOS/c1-8(6-14)16-7-11-5-9-4-10(13)2-3-12(9)15-11/h2-4,8,11H,5-7,14H2,1H3. The number of rotatable bonds is 4. The smallest absolute Gasteiger partial charge is 0.123 e. The first-order valence-electron chi connectivity index (χ1n) is 5.46. The van der Waals surface area contributed by atoms with Gasteiger partial charge in [0.1, 0.15) is 11.9 Å². The summed E-state index contributed by atoms with van der Waals surface area (Å²) in [5.41, 5.74) is 6.90. The van der Waals surface area contributed by atoms with Crippen LogP contribution in [0.2, 0.25) is 0 Å². The maximum absolute atomic E-state index is 5.87. The van der Waals surface area contributed by atoms with E-state index in [9.17, 15) is 0 Å². The van der Waals surface area contributed by atoms with Crippen LogP contribution in [0.5, 0.6) is 5.75 Å². The molecule has 0 bridgehead atoms. The Morgan fingerprint density at radius 3 is 3.19 bits per heavy atom. The van der Waals surface area contributed by atoms with Gasteiger partial charge in [-0.05, 0) is 23.8 Å².